The number of hydrogen-bond donors (Lipinski definition) is 1. The first-order valence-electron chi connectivity index (χ1n) is 15.0. The third-order valence-corrected chi connectivity index (χ3v) is 12.0. The Bertz CT molecular complexity index is 1790. The molecule has 1 N–H and O–H groups in total. The van der Waals surface area contributed by atoms with Crippen LogP contribution in [-0.2, 0) is 25.3 Å². The van der Waals surface area contributed by atoms with Gasteiger partial charge in [-0.25, -0.2) is 4.79 Å². The van der Waals surface area contributed by atoms with Crippen molar-refractivity contribution in [1.82, 2.24) is 4.98 Å². The number of carbonyl (C=O) groups is 3. The Morgan fingerprint density at radius 2 is 1.74 bits per heavy atom. The van der Waals surface area contributed by atoms with Gasteiger partial charge in [0.05, 0.1) is 41.3 Å². The predicted molar refractivity (Wildman–Crippen MR) is 162 cm³/mol. The van der Waals surface area contributed by atoms with Gasteiger partial charge in [0.15, 0.2) is 18.1 Å². The molecule has 3 aromatic rings. The van der Waals surface area contributed by atoms with E-state index < -0.39 is 41.4 Å². The molecule has 2 bridgehead atoms. The number of fused-ring (bicyclic) bond motifs is 9. The number of aromatic nitrogens is 1. The molecule has 0 spiro atoms. The molecule has 14 heteroatoms. The van der Waals surface area contributed by atoms with E-state index in [1.165, 1.54) is 23.9 Å². The number of aromatic amines is 1. The largest absolute Gasteiger partial charge is 0.490 e. The highest BCUT2D eigenvalue weighted by molar-refractivity contribution is 8.00. The van der Waals surface area contributed by atoms with Gasteiger partial charge in [0, 0.05) is 16.0 Å². The summed E-state index contributed by atoms with van der Waals surface area (Å²) in [4.78, 5) is 56.8. The van der Waals surface area contributed by atoms with Crippen LogP contribution in [-0.4, -0.2) is 47.8 Å². The molecule has 7 atom stereocenters. The number of carbonyl (C=O) groups excluding carboxylic acids is 3. The van der Waals surface area contributed by atoms with Crippen LogP contribution in [0.1, 0.15) is 42.2 Å². The zero-order valence-electron chi connectivity index (χ0n) is 24.7. The minimum atomic E-state index is -4.62. The number of rotatable bonds is 8. The van der Waals surface area contributed by atoms with E-state index in [1.807, 2.05) is 19.1 Å². The van der Waals surface area contributed by atoms with Crippen LogP contribution in [0.2, 0.25) is 0 Å². The minimum Gasteiger partial charge on any atom is -0.490 e. The van der Waals surface area contributed by atoms with Gasteiger partial charge < -0.3 is 19.2 Å². The van der Waals surface area contributed by atoms with Crippen LogP contribution >= 0.6 is 23.1 Å². The highest BCUT2D eigenvalue weighted by atomic mass is 32.2. The van der Waals surface area contributed by atoms with Crippen LogP contribution in [0.25, 0.3) is 0 Å². The molecule has 6 unspecified atom stereocenters. The fourth-order valence-corrected chi connectivity index (χ4v) is 10.8. The molecule has 1 saturated heterocycles. The number of H-pyrrole nitrogens is 1. The zero-order chi connectivity index (χ0) is 32.5. The van der Waals surface area contributed by atoms with Crippen molar-refractivity contribution in [1.29, 1.82) is 0 Å². The lowest BCUT2D eigenvalue weighted by atomic mass is 9.68. The van der Waals surface area contributed by atoms with Gasteiger partial charge in [-0.15, -0.1) is 11.8 Å². The summed E-state index contributed by atoms with van der Waals surface area (Å²) in [5.74, 6) is -2.90. The number of thioether (sulfide) groups is 1. The lowest BCUT2D eigenvalue weighted by molar-refractivity contribution is -0.145. The molecule has 9 nitrogen and oxygen atoms in total. The summed E-state index contributed by atoms with van der Waals surface area (Å²) in [5.41, 5.74) is -0.175. The first-order valence-corrected chi connectivity index (χ1v) is 16.7. The highest BCUT2D eigenvalue weighted by Crippen LogP contribution is 2.69. The van der Waals surface area contributed by atoms with Crippen molar-refractivity contribution in [2.75, 3.05) is 24.7 Å². The molecular formula is C32H29F3N2O7S2. The van der Waals surface area contributed by atoms with Crippen LogP contribution in [0.15, 0.2) is 52.3 Å². The molecular weight excluding hydrogens is 645 g/mol. The minimum absolute atomic E-state index is 0.0750. The first kappa shape index (κ1) is 30.9. The standard InChI is InChI=1S/C32H29F3N2O7S2/c1-3-42-20-10-14(8-9-19(20)44-13-21(38)43-4-2)22-23-17-12-18(26(23)45-28-27(22)46-31(41)36-28)25-24(17)29(39)37(30(25)40)16-7-5-6-15(11-16)32(33,34)35/h5-11,17-18,22-26H,3-4,12-13H2,1-2H3,(H,36,41)/t17?,18?,22-,23?,24?,25?,26?/m1/s1. The lowest BCUT2D eigenvalue weighted by Crippen LogP contribution is -2.42. The van der Waals surface area contributed by atoms with Crippen LogP contribution in [0.5, 0.6) is 11.5 Å². The fourth-order valence-electron chi connectivity index (χ4n) is 7.91. The van der Waals surface area contributed by atoms with E-state index in [0.717, 1.165) is 43.8 Å². The summed E-state index contributed by atoms with van der Waals surface area (Å²) in [7, 11) is 0. The topological polar surface area (TPSA) is 115 Å². The van der Waals surface area contributed by atoms with Gasteiger partial charge in [-0.2, -0.15) is 13.2 Å². The second-order valence-electron chi connectivity index (χ2n) is 11.8. The number of alkyl halides is 3. The Kier molecular flexibility index (Phi) is 7.70. The fraction of sp³-hybridized carbons (Fsp3) is 0.438. The SMILES string of the molecule is CCOC(=O)COc1ccc([C@H]2c3sc(=O)[nH]c3SC3C4CC(C5C(=O)N(c6cccc(C(F)(F)F)c6)C(=O)C45)C32)cc1OCC. The molecule has 2 aliphatic heterocycles. The molecule has 7 rings (SSSR count). The lowest BCUT2D eigenvalue weighted by Gasteiger charge is -2.43. The van der Waals surface area contributed by atoms with Crippen molar-refractivity contribution in [3.63, 3.8) is 0 Å². The molecule has 0 radical (unpaired) electrons. The number of nitrogens with one attached hydrogen (secondary N) is 1. The summed E-state index contributed by atoms with van der Waals surface area (Å²) in [6.45, 7) is 3.77. The van der Waals surface area contributed by atoms with Gasteiger partial charge >= 0.3 is 17.0 Å². The Labute approximate surface area is 269 Å². The summed E-state index contributed by atoms with van der Waals surface area (Å²) < 4.78 is 57.1. The normalized spacial score (nSPS) is 27.8. The Morgan fingerprint density at radius 3 is 2.46 bits per heavy atom. The number of esters is 1. The van der Waals surface area contributed by atoms with Crippen LogP contribution in [0.4, 0.5) is 18.9 Å². The molecule has 2 saturated carbocycles. The Balaban J connectivity index is 1.25. The third-order valence-electron chi connectivity index (χ3n) is 9.43. The summed E-state index contributed by atoms with van der Waals surface area (Å²) >= 11 is 2.62. The molecule has 1 aromatic heterocycles. The van der Waals surface area contributed by atoms with E-state index in [0.29, 0.717) is 24.5 Å². The van der Waals surface area contributed by atoms with E-state index >= 15 is 0 Å². The van der Waals surface area contributed by atoms with Crippen molar-refractivity contribution in [3.05, 3.63) is 68.1 Å². The van der Waals surface area contributed by atoms with Crippen molar-refractivity contribution >= 4 is 46.6 Å². The van der Waals surface area contributed by atoms with Gasteiger partial charge in [-0.3, -0.25) is 19.3 Å². The molecule has 2 aliphatic carbocycles. The predicted octanol–water partition coefficient (Wildman–Crippen LogP) is 5.47. The maximum atomic E-state index is 14.0. The number of amides is 2. The van der Waals surface area contributed by atoms with Gasteiger partial charge in [-0.05, 0) is 73.9 Å². The van der Waals surface area contributed by atoms with Gasteiger partial charge in [0.1, 0.15) is 0 Å². The van der Waals surface area contributed by atoms with E-state index in [-0.39, 0.29) is 52.7 Å². The van der Waals surface area contributed by atoms with E-state index in [2.05, 4.69) is 4.98 Å². The van der Waals surface area contributed by atoms with E-state index in [1.54, 1.807) is 13.0 Å². The van der Waals surface area contributed by atoms with Crippen molar-refractivity contribution in [2.24, 2.45) is 29.6 Å². The number of ether oxygens (including phenoxy) is 3. The number of halogens is 3. The number of benzene rings is 2. The average Bonchev–Trinajstić information content (AvgIpc) is 3.75. The number of hydrogen-bond acceptors (Lipinski definition) is 9. The maximum Gasteiger partial charge on any atom is 0.416 e. The second kappa shape index (κ2) is 11.5. The summed E-state index contributed by atoms with van der Waals surface area (Å²) in [6.07, 6.45) is -4.00. The van der Waals surface area contributed by atoms with Crippen LogP contribution in [0.3, 0.4) is 0 Å². The number of anilines is 1. The summed E-state index contributed by atoms with van der Waals surface area (Å²) in [5, 5.41) is 0.611. The van der Waals surface area contributed by atoms with Gasteiger partial charge in [0.2, 0.25) is 11.8 Å². The van der Waals surface area contributed by atoms with Crippen molar-refractivity contribution < 1.29 is 41.8 Å². The Morgan fingerprint density at radius 1 is 0.978 bits per heavy atom. The zero-order valence-corrected chi connectivity index (χ0v) is 26.3. The second-order valence-corrected chi connectivity index (χ2v) is 14.0. The molecule has 2 amide bonds. The quantitative estimate of drug-likeness (QED) is 0.247. The van der Waals surface area contributed by atoms with Crippen LogP contribution < -0.4 is 19.2 Å². The number of imide groups is 1. The molecule has 242 valence electrons. The van der Waals surface area contributed by atoms with Crippen molar-refractivity contribution in [3.8, 4) is 11.5 Å². The first-order chi connectivity index (χ1) is 22.0. The summed E-state index contributed by atoms with van der Waals surface area (Å²) in [6, 6.07) is 9.73. The van der Waals surface area contributed by atoms with Gasteiger partial charge in [-0.1, -0.05) is 23.5 Å². The molecule has 2 aromatic carbocycles. The molecule has 4 aliphatic rings. The highest BCUT2D eigenvalue weighted by Gasteiger charge is 2.69. The third kappa shape index (κ3) is 4.91. The molecule has 46 heavy (non-hydrogen) atoms. The van der Waals surface area contributed by atoms with E-state index in [4.69, 9.17) is 14.2 Å². The monoisotopic (exact) mass is 674 g/mol. The van der Waals surface area contributed by atoms with Gasteiger partial charge in [0.25, 0.3) is 0 Å². The molecule has 3 heterocycles. The van der Waals surface area contributed by atoms with Crippen LogP contribution in [0, 0.1) is 29.6 Å². The average molecular weight is 675 g/mol. The smallest absolute Gasteiger partial charge is 0.416 e. The Hall–Kier alpha value is -3.78. The number of thiazole rings is 1. The number of nitrogens with zero attached hydrogens (tertiary/aromatic N) is 1. The van der Waals surface area contributed by atoms with E-state index in [9.17, 15) is 32.3 Å². The van der Waals surface area contributed by atoms with Crippen molar-refractivity contribution in [2.45, 2.75) is 42.6 Å². The maximum absolute atomic E-state index is 14.0. The molecule has 3 fully saturated rings.